The maximum Gasteiger partial charge on any atom is 0.0629 e. The van der Waals surface area contributed by atoms with E-state index in [1.54, 1.807) is 30.3 Å². The van der Waals surface area contributed by atoms with Gasteiger partial charge in [0, 0.05) is 0 Å². The molecule has 0 aromatic heterocycles. The van der Waals surface area contributed by atoms with Crippen LogP contribution in [0.25, 0.3) is 54.6 Å². The Morgan fingerprint density at radius 3 is 1.57 bits per heavy atom. The first-order valence-electron chi connectivity index (χ1n) is 16.7. The molecule has 0 saturated heterocycles. The van der Waals surface area contributed by atoms with E-state index in [0.29, 0.717) is 5.56 Å². The zero-order valence-corrected chi connectivity index (χ0v) is 15.4. The second kappa shape index (κ2) is 6.86. The molecule has 0 spiro atoms. The lowest BCUT2D eigenvalue weighted by atomic mass is 9.85. The first kappa shape index (κ1) is 7.74. The third kappa shape index (κ3) is 2.54. The van der Waals surface area contributed by atoms with Gasteiger partial charge in [0.05, 0.1) is 20.6 Å². The second-order valence-corrected chi connectivity index (χ2v) is 6.62. The van der Waals surface area contributed by atoms with E-state index in [1.807, 2.05) is 0 Å². The fourth-order valence-corrected chi connectivity index (χ4v) is 3.77. The molecule has 0 fully saturated rings. The predicted molar refractivity (Wildman–Crippen MR) is 130 cm³/mol. The van der Waals surface area contributed by atoms with Crippen molar-refractivity contribution in [3.8, 4) is 22.3 Å². The average molecular weight is 396 g/mol. The summed E-state index contributed by atoms with van der Waals surface area (Å²) in [5.41, 5.74) is -0.297. The Kier molecular flexibility index (Phi) is 1.77. The number of benzene rings is 6. The standard InChI is InChI=1S/C30H20/c1-2-12-22(13-3-1)29-25-16-6-8-18-27(25)30(28-19-9-7-17-26(28)29)24-20-10-14-21-11-4-5-15-23(21)24/h1-20H/i4D,5D,6D,7D,8D,9D,10D,11D,14D,15D,16D,17D,18D,19D,20D. The molecule has 0 radical (unpaired) electrons. The highest BCUT2D eigenvalue weighted by atomic mass is 14.2. The van der Waals surface area contributed by atoms with Gasteiger partial charge in [-0.2, -0.15) is 0 Å². The van der Waals surface area contributed by atoms with Crippen molar-refractivity contribution < 1.29 is 20.6 Å². The Bertz CT molecular complexity index is 2220. The van der Waals surface area contributed by atoms with Gasteiger partial charge in [-0.05, 0) is 54.6 Å². The zero-order chi connectivity index (χ0) is 33.0. The summed E-state index contributed by atoms with van der Waals surface area (Å²) in [4.78, 5) is 0. The van der Waals surface area contributed by atoms with Crippen molar-refractivity contribution in [2.45, 2.75) is 0 Å². The lowest BCUT2D eigenvalue weighted by molar-refractivity contribution is 1.66. The van der Waals surface area contributed by atoms with Crippen LogP contribution in [0.2, 0.25) is 0 Å². The van der Waals surface area contributed by atoms with Crippen molar-refractivity contribution >= 4 is 32.3 Å². The van der Waals surface area contributed by atoms with Gasteiger partial charge in [-0.25, -0.2) is 0 Å². The summed E-state index contributed by atoms with van der Waals surface area (Å²) >= 11 is 0. The van der Waals surface area contributed by atoms with E-state index in [0.717, 1.165) is 0 Å². The molecule has 0 N–H and O–H groups in total. The van der Waals surface area contributed by atoms with Crippen molar-refractivity contribution in [3.63, 3.8) is 0 Å². The highest BCUT2D eigenvalue weighted by Gasteiger charge is 2.17. The Hall–Kier alpha value is -3.90. The molecule has 6 rings (SSSR count). The Morgan fingerprint density at radius 2 is 0.933 bits per heavy atom. The molecule has 0 saturated carbocycles. The Labute approximate surface area is 197 Å². The Balaban J connectivity index is 2.13. The van der Waals surface area contributed by atoms with E-state index >= 15 is 0 Å². The molecule has 6 aromatic rings. The second-order valence-electron chi connectivity index (χ2n) is 6.62. The minimum absolute atomic E-state index is 0.0734. The average Bonchev–Trinajstić information content (AvgIpc) is 3.04. The van der Waals surface area contributed by atoms with Gasteiger partial charge in [-0.1, -0.05) is 121 Å². The molecule has 0 atom stereocenters. The van der Waals surface area contributed by atoms with Gasteiger partial charge in [-0.3, -0.25) is 0 Å². The van der Waals surface area contributed by atoms with Crippen LogP contribution in [0.3, 0.4) is 0 Å². The van der Waals surface area contributed by atoms with Gasteiger partial charge < -0.3 is 0 Å². The molecule has 0 heterocycles. The summed E-state index contributed by atoms with van der Waals surface area (Å²) in [5.74, 6) is 0. The highest BCUT2D eigenvalue weighted by Crippen LogP contribution is 2.44. The van der Waals surface area contributed by atoms with Crippen LogP contribution in [0.15, 0.2) is 121 Å². The number of fused-ring (bicyclic) bond motifs is 3. The van der Waals surface area contributed by atoms with Gasteiger partial charge in [0.1, 0.15) is 0 Å². The maximum atomic E-state index is 9.04. The third-order valence-corrected chi connectivity index (χ3v) is 5.00. The monoisotopic (exact) mass is 395 g/mol. The van der Waals surface area contributed by atoms with Gasteiger partial charge in [0.25, 0.3) is 0 Å². The van der Waals surface area contributed by atoms with E-state index in [-0.39, 0.29) is 38.1 Å². The summed E-state index contributed by atoms with van der Waals surface area (Å²) in [5, 5.41) is -1.62. The predicted octanol–water partition coefficient (Wildman–Crippen LogP) is 8.48. The molecule has 6 aromatic carbocycles. The topological polar surface area (TPSA) is 0 Å². The maximum absolute atomic E-state index is 9.04. The number of rotatable bonds is 2. The van der Waals surface area contributed by atoms with Crippen LogP contribution >= 0.6 is 0 Å². The lowest BCUT2D eigenvalue weighted by Crippen LogP contribution is -1.91. The van der Waals surface area contributed by atoms with Crippen molar-refractivity contribution in [1.29, 1.82) is 0 Å². The summed E-state index contributed by atoms with van der Waals surface area (Å²) in [6.07, 6.45) is 0. The Morgan fingerprint density at radius 1 is 0.433 bits per heavy atom. The smallest absolute Gasteiger partial charge is 0.0622 e. The van der Waals surface area contributed by atoms with Crippen LogP contribution in [0, 0.1) is 0 Å². The van der Waals surface area contributed by atoms with Crippen LogP contribution in [-0.4, -0.2) is 0 Å². The first-order valence-corrected chi connectivity index (χ1v) is 9.16. The molecule has 0 unspecified atom stereocenters. The minimum Gasteiger partial charge on any atom is -0.0622 e. The molecule has 30 heavy (non-hydrogen) atoms. The molecule has 0 heteroatoms. The molecular formula is C30H20. The van der Waals surface area contributed by atoms with Gasteiger partial charge in [0.2, 0.25) is 0 Å². The molecule has 0 nitrogen and oxygen atoms in total. The fourth-order valence-electron chi connectivity index (χ4n) is 3.77. The van der Waals surface area contributed by atoms with E-state index in [1.165, 1.54) is 0 Å². The molecule has 0 amide bonds. The van der Waals surface area contributed by atoms with Gasteiger partial charge in [-0.15, -0.1) is 0 Å². The fraction of sp³-hybridized carbons (Fsp3) is 0. The lowest BCUT2D eigenvalue weighted by Gasteiger charge is -2.18. The van der Waals surface area contributed by atoms with Crippen LogP contribution < -0.4 is 0 Å². The summed E-state index contributed by atoms with van der Waals surface area (Å²) < 4.78 is 130. The van der Waals surface area contributed by atoms with Crippen LogP contribution in [0.1, 0.15) is 20.6 Å². The van der Waals surface area contributed by atoms with Crippen molar-refractivity contribution in [1.82, 2.24) is 0 Å². The third-order valence-electron chi connectivity index (χ3n) is 5.00. The quantitative estimate of drug-likeness (QED) is 0.258. The first-order chi connectivity index (χ1) is 21.1. The molecule has 0 bridgehead atoms. The summed E-state index contributed by atoms with van der Waals surface area (Å²) in [6, 6.07) is -1.57. The van der Waals surface area contributed by atoms with Crippen molar-refractivity contribution in [3.05, 3.63) is 121 Å². The van der Waals surface area contributed by atoms with E-state index < -0.39 is 102 Å². The van der Waals surface area contributed by atoms with E-state index in [2.05, 4.69) is 0 Å². The van der Waals surface area contributed by atoms with E-state index in [9.17, 15) is 0 Å². The number of hydrogen-bond acceptors (Lipinski definition) is 0. The number of hydrogen-bond donors (Lipinski definition) is 0. The van der Waals surface area contributed by atoms with Crippen molar-refractivity contribution in [2.75, 3.05) is 0 Å². The van der Waals surface area contributed by atoms with Crippen LogP contribution in [-0.2, 0) is 0 Å². The van der Waals surface area contributed by atoms with E-state index in [4.69, 9.17) is 20.6 Å². The summed E-state index contributed by atoms with van der Waals surface area (Å²) in [6.45, 7) is 0. The van der Waals surface area contributed by atoms with Gasteiger partial charge in [0.15, 0.2) is 0 Å². The normalized spacial score (nSPS) is 18.3. The zero-order valence-electron chi connectivity index (χ0n) is 30.4. The molecule has 0 aliphatic heterocycles. The molecule has 140 valence electrons. The molecular weight excluding hydrogens is 360 g/mol. The largest absolute Gasteiger partial charge is 0.0629 e. The molecule has 0 aliphatic rings. The van der Waals surface area contributed by atoms with Crippen molar-refractivity contribution in [2.24, 2.45) is 0 Å². The summed E-state index contributed by atoms with van der Waals surface area (Å²) in [7, 11) is 0. The van der Waals surface area contributed by atoms with Crippen LogP contribution in [0.4, 0.5) is 0 Å². The van der Waals surface area contributed by atoms with Gasteiger partial charge >= 0.3 is 0 Å². The minimum atomic E-state index is -0.738. The molecule has 0 aliphatic carbocycles. The SMILES string of the molecule is [2H]c1c([2H])c([2H])c2c(-c3c4c([2H])c([2H])c([2H])c([2H])c4c(-c4ccccc4)c4c([2H])c([2H])c([2H])c([2H])c34)c([2H])c([2H])c([2H])c2c1[2H]. The highest BCUT2D eigenvalue weighted by molar-refractivity contribution is 6.23. The van der Waals surface area contributed by atoms with Crippen LogP contribution in [0.5, 0.6) is 0 Å².